The van der Waals surface area contributed by atoms with Gasteiger partial charge in [-0.2, -0.15) is 0 Å². The highest BCUT2D eigenvalue weighted by molar-refractivity contribution is 9.10. The molecule has 1 aromatic heterocycles. The first-order valence-corrected chi connectivity index (χ1v) is 12.3. The molecule has 160 valence electrons. The van der Waals surface area contributed by atoms with Gasteiger partial charge in [-0.05, 0) is 92.1 Å². The van der Waals surface area contributed by atoms with Crippen molar-refractivity contribution in [3.63, 3.8) is 0 Å². The zero-order chi connectivity index (χ0) is 20.5. The molecule has 1 unspecified atom stereocenters. The summed E-state index contributed by atoms with van der Waals surface area (Å²) in [6.45, 7) is 2.10. The van der Waals surface area contributed by atoms with E-state index in [9.17, 15) is 15.0 Å². The van der Waals surface area contributed by atoms with Gasteiger partial charge in [-0.3, -0.25) is 4.79 Å². The van der Waals surface area contributed by atoms with Crippen molar-refractivity contribution in [2.45, 2.75) is 96.2 Å². The molecule has 0 amide bonds. The van der Waals surface area contributed by atoms with Crippen LogP contribution in [0.25, 0.3) is 0 Å². The lowest BCUT2D eigenvalue weighted by Crippen LogP contribution is -2.20. The van der Waals surface area contributed by atoms with Gasteiger partial charge in [0.05, 0.1) is 12.2 Å². The van der Waals surface area contributed by atoms with Crippen molar-refractivity contribution in [2.24, 2.45) is 11.8 Å². The predicted octanol–water partition coefficient (Wildman–Crippen LogP) is 5.71. The fourth-order valence-electron chi connectivity index (χ4n) is 4.42. The van der Waals surface area contributed by atoms with Gasteiger partial charge < -0.3 is 15.3 Å². The first-order chi connectivity index (χ1) is 13.4. The molecule has 0 bridgehead atoms. The number of thiophene rings is 1. The molecule has 3 N–H and O–H groups in total. The Morgan fingerprint density at radius 1 is 1.21 bits per heavy atom. The number of aliphatic hydroxyl groups is 2. The van der Waals surface area contributed by atoms with Gasteiger partial charge in [0.25, 0.3) is 0 Å². The molecule has 1 fully saturated rings. The number of carboxylic acids is 1. The predicted molar refractivity (Wildman–Crippen MR) is 118 cm³/mol. The van der Waals surface area contributed by atoms with Crippen molar-refractivity contribution < 1.29 is 20.1 Å². The van der Waals surface area contributed by atoms with Crippen LogP contribution in [0.2, 0.25) is 0 Å². The smallest absolute Gasteiger partial charge is 0.303 e. The Hall–Kier alpha value is -0.430. The average Bonchev–Trinajstić information content (AvgIpc) is 3.16. The molecule has 28 heavy (non-hydrogen) atoms. The minimum atomic E-state index is -0.716. The van der Waals surface area contributed by atoms with Crippen molar-refractivity contribution in [3.8, 4) is 0 Å². The second-order valence-electron chi connectivity index (χ2n) is 8.30. The first-order valence-electron chi connectivity index (χ1n) is 10.7. The van der Waals surface area contributed by atoms with Crippen LogP contribution in [0, 0.1) is 18.8 Å². The van der Waals surface area contributed by atoms with Gasteiger partial charge in [0.1, 0.15) is 0 Å². The maximum Gasteiger partial charge on any atom is 0.303 e. The second-order valence-corrected chi connectivity index (χ2v) is 10.5. The Labute approximate surface area is 181 Å². The molecule has 1 aliphatic rings. The van der Waals surface area contributed by atoms with Crippen molar-refractivity contribution in [3.05, 3.63) is 20.3 Å². The quantitative estimate of drug-likeness (QED) is 0.320. The Morgan fingerprint density at radius 3 is 2.64 bits per heavy atom. The molecule has 1 heterocycles. The summed E-state index contributed by atoms with van der Waals surface area (Å²) in [5.74, 6) is 0.149. The number of hydrogen-bond acceptors (Lipinski definition) is 4. The number of rotatable bonds is 13. The molecule has 0 aliphatic heterocycles. The number of carbonyl (C=O) groups is 1. The fourth-order valence-corrected chi connectivity index (χ4v) is 6.04. The fraction of sp³-hybridized carbons (Fsp3) is 0.773. The van der Waals surface area contributed by atoms with E-state index in [0.717, 1.165) is 75.1 Å². The SMILES string of the molecule is Cc1sc(CC[C@H](O)CC[C@H]2CCC(O)[C@@H]2CCCCCCC(=O)O)cc1Br. The summed E-state index contributed by atoms with van der Waals surface area (Å²) in [6, 6.07) is 2.16. The molecular weight excluding hydrogens is 440 g/mol. The largest absolute Gasteiger partial charge is 0.481 e. The van der Waals surface area contributed by atoms with Crippen LogP contribution in [-0.2, 0) is 11.2 Å². The van der Waals surface area contributed by atoms with Crippen LogP contribution in [-0.4, -0.2) is 33.5 Å². The van der Waals surface area contributed by atoms with Crippen molar-refractivity contribution in [1.82, 2.24) is 0 Å². The van der Waals surface area contributed by atoms with Crippen LogP contribution in [0.1, 0.15) is 80.4 Å². The van der Waals surface area contributed by atoms with E-state index in [4.69, 9.17) is 5.11 Å². The Balaban J connectivity index is 1.64. The van der Waals surface area contributed by atoms with Crippen molar-refractivity contribution in [2.75, 3.05) is 0 Å². The van der Waals surface area contributed by atoms with E-state index >= 15 is 0 Å². The van der Waals surface area contributed by atoms with Gasteiger partial charge in [0, 0.05) is 20.6 Å². The van der Waals surface area contributed by atoms with E-state index in [2.05, 4.69) is 28.9 Å². The zero-order valence-corrected chi connectivity index (χ0v) is 19.3. The molecule has 0 radical (unpaired) electrons. The zero-order valence-electron chi connectivity index (χ0n) is 16.9. The molecule has 0 saturated heterocycles. The van der Waals surface area contributed by atoms with Crippen LogP contribution in [0.4, 0.5) is 0 Å². The Kier molecular flexibility index (Phi) is 10.5. The summed E-state index contributed by atoms with van der Waals surface area (Å²) in [5, 5.41) is 29.4. The van der Waals surface area contributed by atoms with Crippen LogP contribution in [0.5, 0.6) is 0 Å². The summed E-state index contributed by atoms with van der Waals surface area (Å²) < 4.78 is 1.16. The molecule has 6 heteroatoms. The normalized spacial score (nSPS) is 23.2. The molecular formula is C22H35BrO4S. The summed E-state index contributed by atoms with van der Waals surface area (Å²) in [7, 11) is 0. The number of aryl methyl sites for hydroxylation is 2. The highest BCUT2D eigenvalue weighted by atomic mass is 79.9. The third-order valence-corrected chi connectivity index (χ3v) is 8.31. The Bertz CT molecular complexity index is 584. The van der Waals surface area contributed by atoms with Crippen LogP contribution in [0.3, 0.4) is 0 Å². The van der Waals surface area contributed by atoms with E-state index in [1.165, 1.54) is 9.75 Å². The molecule has 0 spiro atoms. The second kappa shape index (κ2) is 12.3. The molecule has 4 nitrogen and oxygen atoms in total. The summed E-state index contributed by atoms with van der Waals surface area (Å²) >= 11 is 5.34. The lowest BCUT2D eigenvalue weighted by atomic mass is 9.85. The topological polar surface area (TPSA) is 77.8 Å². The van der Waals surface area contributed by atoms with Crippen LogP contribution in [0.15, 0.2) is 10.5 Å². The number of hydrogen-bond donors (Lipinski definition) is 3. The van der Waals surface area contributed by atoms with Gasteiger partial charge >= 0.3 is 5.97 Å². The van der Waals surface area contributed by atoms with Crippen LogP contribution < -0.4 is 0 Å². The van der Waals surface area contributed by atoms with Crippen molar-refractivity contribution >= 4 is 33.2 Å². The Morgan fingerprint density at radius 2 is 1.96 bits per heavy atom. The summed E-state index contributed by atoms with van der Waals surface area (Å²) in [6.07, 6.45) is 10.1. The van der Waals surface area contributed by atoms with Crippen LogP contribution >= 0.6 is 27.3 Å². The van der Waals surface area contributed by atoms with E-state index < -0.39 is 5.97 Å². The standard InChI is InChI=1S/C22H35BrO4S/c1-15-20(23)14-18(28-15)12-11-17(24)10-8-16-9-13-21(25)19(16)6-4-2-3-5-7-22(26)27/h14,16-17,19,21,24-25H,2-13H2,1H3,(H,26,27)/t16-,17+,19+,21?/m0/s1. The third-order valence-electron chi connectivity index (χ3n) is 6.11. The summed E-state index contributed by atoms with van der Waals surface area (Å²) in [4.78, 5) is 13.1. The first kappa shape index (κ1) is 23.8. The molecule has 4 atom stereocenters. The van der Waals surface area contributed by atoms with E-state index in [0.29, 0.717) is 11.8 Å². The monoisotopic (exact) mass is 474 g/mol. The molecule has 1 aromatic rings. The third kappa shape index (κ3) is 8.13. The maximum absolute atomic E-state index is 10.5. The van der Waals surface area contributed by atoms with Gasteiger partial charge in [-0.15, -0.1) is 11.3 Å². The van der Waals surface area contributed by atoms with Gasteiger partial charge in [0.15, 0.2) is 0 Å². The number of aliphatic hydroxyl groups excluding tert-OH is 2. The van der Waals surface area contributed by atoms with E-state index in [-0.39, 0.29) is 18.6 Å². The van der Waals surface area contributed by atoms with Crippen molar-refractivity contribution in [1.29, 1.82) is 0 Å². The number of aliphatic carboxylic acids is 1. The maximum atomic E-state index is 10.5. The van der Waals surface area contributed by atoms with Gasteiger partial charge in [-0.25, -0.2) is 0 Å². The lowest BCUT2D eigenvalue weighted by molar-refractivity contribution is -0.137. The number of unbranched alkanes of at least 4 members (excludes halogenated alkanes) is 3. The van der Waals surface area contributed by atoms with Gasteiger partial charge in [0.2, 0.25) is 0 Å². The molecule has 1 aliphatic carbocycles. The minimum Gasteiger partial charge on any atom is -0.481 e. The average molecular weight is 475 g/mol. The number of halogens is 1. The lowest BCUT2D eigenvalue weighted by Gasteiger charge is -2.23. The minimum absolute atomic E-state index is 0.201. The molecule has 1 saturated carbocycles. The van der Waals surface area contributed by atoms with E-state index in [1.54, 1.807) is 11.3 Å². The number of carboxylic acid groups (broad SMARTS) is 1. The highest BCUT2D eigenvalue weighted by Crippen LogP contribution is 2.39. The van der Waals surface area contributed by atoms with Gasteiger partial charge in [-0.1, -0.05) is 19.3 Å². The molecule has 2 rings (SSSR count). The highest BCUT2D eigenvalue weighted by Gasteiger charge is 2.34. The van der Waals surface area contributed by atoms with E-state index in [1.807, 2.05) is 0 Å². The summed E-state index contributed by atoms with van der Waals surface area (Å²) in [5.41, 5.74) is 0. The molecule has 0 aromatic carbocycles.